The largest absolute Gasteiger partial charge is 0.486 e. The molecule has 0 fully saturated rings. The van der Waals surface area contributed by atoms with Gasteiger partial charge in [0.2, 0.25) is 0 Å². The van der Waals surface area contributed by atoms with Gasteiger partial charge in [-0.2, -0.15) is 0 Å². The molecule has 132 valence electrons. The third-order valence-corrected chi connectivity index (χ3v) is 4.28. The minimum absolute atomic E-state index is 0.154. The van der Waals surface area contributed by atoms with E-state index in [4.69, 9.17) is 21.1 Å². The van der Waals surface area contributed by atoms with Gasteiger partial charge in [-0.25, -0.2) is 9.78 Å². The molecule has 0 unspecified atom stereocenters. The van der Waals surface area contributed by atoms with Crippen molar-refractivity contribution in [3.8, 4) is 5.75 Å². The van der Waals surface area contributed by atoms with Crippen LogP contribution in [-0.4, -0.2) is 22.2 Å². The van der Waals surface area contributed by atoms with Gasteiger partial charge in [-0.3, -0.25) is 0 Å². The number of nitrogens with zero attached hydrogens (tertiary/aromatic N) is 1. The van der Waals surface area contributed by atoms with Crippen LogP contribution >= 0.6 is 22.9 Å². The first-order chi connectivity index (χ1) is 12.0. The van der Waals surface area contributed by atoms with Crippen LogP contribution < -0.4 is 10.1 Å². The highest BCUT2D eigenvalue weighted by molar-refractivity contribution is 7.07. The highest BCUT2D eigenvalue weighted by Gasteiger charge is 2.10. The Kier molecular flexibility index (Phi) is 5.45. The van der Waals surface area contributed by atoms with E-state index in [-0.39, 0.29) is 6.10 Å². The van der Waals surface area contributed by atoms with Crippen molar-refractivity contribution in [1.29, 1.82) is 0 Å². The Bertz CT molecular complexity index is 862. The molecule has 3 rings (SSSR count). The van der Waals surface area contributed by atoms with E-state index in [0.29, 0.717) is 23.9 Å². The van der Waals surface area contributed by atoms with E-state index in [1.165, 1.54) is 11.3 Å². The second-order valence-electron chi connectivity index (χ2n) is 5.74. The van der Waals surface area contributed by atoms with Crippen LogP contribution in [0.2, 0.25) is 5.02 Å². The molecule has 6 nitrogen and oxygen atoms in total. The molecule has 8 heteroatoms. The Morgan fingerprint density at radius 3 is 2.96 bits per heavy atom. The van der Waals surface area contributed by atoms with Gasteiger partial charge >= 0.3 is 6.09 Å². The zero-order chi connectivity index (χ0) is 17.8. The summed E-state index contributed by atoms with van der Waals surface area (Å²) in [7, 11) is 0. The Morgan fingerprint density at radius 2 is 2.24 bits per heavy atom. The Balaban J connectivity index is 1.68. The second kappa shape index (κ2) is 7.76. The number of amides is 1. The van der Waals surface area contributed by atoms with E-state index >= 15 is 0 Å². The standard InChI is InChI=1S/C17H18ClN3O3S/c1-10(2)24-17(22)19-6-12-3-11-4-14(18)16(5-15(11)21-12)23-7-13-8-25-9-20-13/h3-5,8-10,21H,6-7H2,1-2H3,(H,19,22). The molecule has 2 N–H and O–H groups in total. The molecule has 1 aromatic carbocycles. The summed E-state index contributed by atoms with van der Waals surface area (Å²) in [6.07, 6.45) is -0.599. The highest BCUT2D eigenvalue weighted by atomic mass is 35.5. The maximum absolute atomic E-state index is 11.6. The molecule has 2 heterocycles. The zero-order valence-corrected chi connectivity index (χ0v) is 15.4. The fourth-order valence-electron chi connectivity index (χ4n) is 2.28. The molecular weight excluding hydrogens is 362 g/mol. The molecule has 0 radical (unpaired) electrons. The fourth-order valence-corrected chi connectivity index (χ4v) is 3.05. The smallest absolute Gasteiger partial charge is 0.407 e. The lowest BCUT2D eigenvalue weighted by Gasteiger charge is -2.08. The van der Waals surface area contributed by atoms with E-state index in [1.54, 1.807) is 19.4 Å². The molecule has 0 aliphatic rings. The van der Waals surface area contributed by atoms with E-state index in [9.17, 15) is 4.79 Å². The number of alkyl carbamates (subject to hydrolysis) is 1. The van der Waals surface area contributed by atoms with Crippen LogP contribution in [0.25, 0.3) is 10.9 Å². The third kappa shape index (κ3) is 4.64. The van der Waals surface area contributed by atoms with Crippen molar-refractivity contribution < 1.29 is 14.3 Å². The Labute approximate surface area is 154 Å². The molecular formula is C17H18ClN3O3S. The third-order valence-electron chi connectivity index (χ3n) is 3.35. The van der Waals surface area contributed by atoms with Gasteiger partial charge in [-0.15, -0.1) is 11.3 Å². The van der Waals surface area contributed by atoms with E-state index in [0.717, 1.165) is 22.3 Å². The number of aromatic amines is 1. The number of carbonyl (C=O) groups excluding carboxylic acids is 1. The summed E-state index contributed by atoms with van der Waals surface area (Å²) < 4.78 is 10.8. The molecule has 0 saturated heterocycles. The normalized spacial score (nSPS) is 11.0. The number of halogens is 1. The SMILES string of the molecule is CC(C)OC(=O)NCc1cc2cc(Cl)c(OCc3cscn3)cc2[nH]1. The molecule has 0 atom stereocenters. The topological polar surface area (TPSA) is 76.2 Å². The van der Waals surface area contributed by atoms with Crippen molar-refractivity contribution in [1.82, 2.24) is 15.3 Å². The lowest BCUT2D eigenvalue weighted by atomic mass is 10.2. The lowest BCUT2D eigenvalue weighted by molar-refractivity contribution is 0.115. The van der Waals surface area contributed by atoms with Gasteiger partial charge < -0.3 is 19.8 Å². The molecule has 25 heavy (non-hydrogen) atoms. The van der Waals surface area contributed by atoms with E-state index < -0.39 is 6.09 Å². The van der Waals surface area contributed by atoms with Gasteiger partial charge in [-0.05, 0) is 26.0 Å². The number of nitrogens with one attached hydrogen (secondary N) is 2. The van der Waals surface area contributed by atoms with Crippen LogP contribution in [0, 0.1) is 0 Å². The van der Waals surface area contributed by atoms with Crippen LogP contribution in [-0.2, 0) is 17.9 Å². The quantitative estimate of drug-likeness (QED) is 0.661. The predicted molar refractivity (Wildman–Crippen MR) is 98.2 cm³/mol. The van der Waals surface area contributed by atoms with Crippen LogP contribution in [0.1, 0.15) is 25.2 Å². The predicted octanol–water partition coefficient (Wildman–Crippen LogP) is 4.49. The van der Waals surface area contributed by atoms with Gasteiger partial charge in [-0.1, -0.05) is 11.6 Å². The van der Waals surface area contributed by atoms with Crippen LogP contribution in [0.3, 0.4) is 0 Å². The second-order valence-corrected chi connectivity index (χ2v) is 6.87. The number of aromatic nitrogens is 2. The maximum atomic E-state index is 11.6. The number of hydrogen-bond acceptors (Lipinski definition) is 5. The van der Waals surface area contributed by atoms with Gasteiger partial charge in [0.25, 0.3) is 0 Å². The molecule has 1 amide bonds. The molecule has 2 aromatic heterocycles. The summed E-state index contributed by atoms with van der Waals surface area (Å²) in [6, 6.07) is 5.61. The first-order valence-electron chi connectivity index (χ1n) is 7.77. The Morgan fingerprint density at radius 1 is 1.40 bits per heavy atom. The van der Waals surface area contributed by atoms with E-state index in [2.05, 4.69) is 15.3 Å². The average Bonchev–Trinajstić information content (AvgIpc) is 3.19. The molecule has 0 spiro atoms. The number of fused-ring (bicyclic) bond motifs is 1. The molecule has 0 bridgehead atoms. The molecule has 0 saturated carbocycles. The number of rotatable bonds is 6. The number of H-pyrrole nitrogens is 1. The Hall–Kier alpha value is -2.25. The monoisotopic (exact) mass is 379 g/mol. The number of benzene rings is 1. The van der Waals surface area contributed by atoms with Crippen molar-refractivity contribution in [3.63, 3.8) is 0 Å². The van der Waals surface area contributed by atoms with Crippen molar-refractivity contribution in [2.24, 2.45) is 0 Å². The summed E-state index contributed by atoms with van der Waals surface area (Å²) in [5, 5.41) is 6.10. The number of carbonyl (C=O) groups is 1. The first-order valence-corrected chi connectivity index (χ1v) is 9.09. The fraction of sp³-hybridized carbons (Fsp3) is 0.294. The number of thiazole rings is 1. The minimum Gasteiger partial charge on any atom is -0.486 e. The first kappa shape index (κ1) is 17.6. The maximum Gasteiger partial charge on any atom is 0.407 e. The summed E-state index contributed by atoms with van der Waals surface area (Å²) in [6.45, 7) is 4.31. The molecule has 0 aliphatic carbocycles. The van der Waals surface area contributed by atoms with Crippen molar-refractivity contribution in [2.45, 2.75) is 33.1 Å². The van der Waals surface area contributed by atoms with Gasteiger partial charge in [0.15, 0.2) is 0 Å². The van der Waals surface area contributed by atoms with Gasteiger partial charge in [0.1, 0.15) is 12.4 Å². The lowest BCUT2D eigenvalue weighted by Crippen LogP contribution is -2.26. The number of ether oxygens (including phenoxy) is 2. The number of hydrogen-bond donors (Lipinski definition) is 2. The zero-order valence-electron chi connectivity index (χ0n) is 13.8. The van der Waals surface area contributed by atoms with Crippen LogP contribution in [0.15, 0.2) is 29.1 Å². The molecule has 3 aromatic rings. The highest BCUT2D eigenvalue weighted by Crippen LogP contribution is 2.31. The summed E-state index contributed by atoms with van der Waals surface area (Å²) in [5.74, 6) is 0.586. The van der Waals surface area contributed by atoms with Gasteiger partial charge in [0, 0.05) is 28.0 Å². The minimum atomic E-state index is -0.445. The van der Waals surface area contributed by atoms with Crippen LogP contribution in [0.5, 0.6) is 5.75 Å². The van der Waals surface area contributed by atoms with Crippen LogP contribution in [0.4, 0.5) is 4.79 Å². The van der Waals surface area contributed by atoms with Crippen molar-refractivity contribution in [3.05, 3.63) is 45.5 Å². The summed E-state index contributed by atoms with van der Waals surface area (Å²) in [5.41, 5.74) is 4.36. The van der Waals surface area contributed by atoms with E-state index in [1.807, 2.05) is 23.6 Å². The van der Waals surface area contributed by atoms with Crippen molar-refractivity contribution in [2.75, 3.05) is 0 Å². The average molecular weight is 380 g/mol. The van der Waals surface area contributed by atoms with Crippen molar-refractivity contribution >= 4 is 39.9 Å². The van der Waals surface area contributed by atoms with Gasteiger partial charge in [0.05, 0.1) is 28.9 Å². The summed E-state index contributed by atoms with van der Waals surface area (Å²) >= 11 is 7.81. The molecule has 0 aliphatic heterocycles. The summed E-state index contributed by atoms with van der Waals surface area (Å²) in [4.78, 5) is 19.0.